The summed E-state index contributed by atoms with van der Waals surface area (Å²) in [4.78, 5) is 12.4. The summed E-state index contributed by atoms with van der Waals surface area (Å²) in [5.41, 5.74) is 1.83. The van der Waals surface area contributed by atoms with E-state index in [-0.39, 0.29) is 5.91 Å². The smallest absolute Gasteiger partial charge is 0.265 e. The molecule has 0 saturated heterocycles. The molecule has 0 aliphatic carbocycles. The summed E-state index contributed by atoms with van der Waals surface area (Å²) in [5.74, 6) is 1.16. The van der Waals surface area contributed by atoms with Gasteiger partial charge in [0.15, 0.2) is 6.10 Å². The Kier molecular flexibility index (Phi) is 5.42. The Hall–Kier alpha value is -2.49. The van der Waals surface area contributed by atoms with Crippen molar-refractivity contribution in [2.45, 2.75) is 26.4 Å². The molecule has 1 unspecified atom stereocenters. The largest absolute Gasteiger partial charge is 0.497 e. The van der Waals surface area contributed by atoms with Crippen molar-refractivity contribution in [1.29, 1.82) is 0 Å². The molecule has 4 heteroatoms. The van der Waals surface area contributed by atoms with E-state index in [2.05, 4.69) is 5.32 Å². The molecule has 0 radical (unpaired) electrons. The van der Waals surface area contributed by atoms with Crippen LogP contribution in [0.2, 0.25) is 0 Å². The Bertz CT molecular complexity index is 640. The fraction of sp³-hybridized carbons (Fsp3) is 0.278. The molecule has 1 N–H and O–H groups in total. The highest BCUT2D eigenvalue weighted by Crippen LogP contribution is 2.21. The van der Waals surface area contributed by atoms with Gasteiger partial charge in [0.1, 0.15) is 11.5 Å². The lowest BCUT2D eigenvalue weighted by Gasteiger charge is -2.18. The van der Waals surface area contributed by atoms with Gasteiger partial charge in [-0.05, 0) is 37.1 Å². The third kappa shape index (κ3) is 4.01. The molecule has 0 fully saturated rings. The van der Waals surface area contributed by atoms with E-state index >= 15 is 0 Å². The number of carbonyl (C=O) groups excluding carboxylic acids is 1. The molecular formula is C18H21NO3. The SMILES string of the molecule is CCC(Oc1cccc(OC)c1)C(=O)Nc1ccccc1C. The molecule has 2 rings (SSSR count). The van der Waals surface area contributed by atoms with Gasteiger partial charge in [0.2, 0.25) is 0 Å². The van der Waals surface area contributed by atoms with Crippen molar-refractivity contribution in [2.24, 2.45) is 0 Å². The van der Waals surface area contributed by atoms with Gasteiger partial charge in [-0.1, -0.05) is 31.2 Å². The fourth-order valence-corrected chi connectivity index (χ4v) is 2.09. The second kappa shape index (κ2) is 7.50. The predicted octanol–water partition coefficient (Wildman–Crippen LogP) is 3.80. The summed E-state index contributed by atoms with van der Waals surface area (Å²) >= 11 is 0. The van der Waals surface area contributed by atoms with Gasteiger partial charge in [0.05, 0.1) is 7.11 Å². The molecule has 0 aromatic heterocycles. The molecule has 1 atom stereocenters. The minimum Gasteiger partial charge on any atom is -0.497 e. The van der Waals surface area contributed by atoms with Crippen LogP contribution in [0.3, 0.4) is 0 Å². The van der Waals surface area contributed by atoms with Gasteiger partial charge in [0.25, 0.3) is 5.91 Å². The number of amides is 1. The van der Waals surface area contributed by atoms with E-state index in [9.17, 15) is 4.79 Å². The lowest BCUT2D eigenvalue weighted by Crippen LogP contribution is -2.32. The van der Waals surface area contributed by atoms with Gasteiger partial charge >= 0.3 is 0 Å². The van der Waals surface area contributed by atoms with Crippen molar-refractivity contribution in [3.63, 3.8) is 0 Å². The molecule has 0 bridgehead atoms. The lowest BCUT2D eigenvalue weighted by atomic mass is 10.2. The molecular weight excluding hydrogens is 278 g/mol. The molecule has 0 spiro atoms. The summed E-state index contributed by atoms with van der Waals surface area (Å²) in [5, 5.41) is 2.91. The zero-order valence-corrected chi connectivity index (χ0v) is 13.1. The molecule has 0 aliphatic rings. The molecule has 0 heterocycles. The zero-order valence-electron chi connectivity index (χ0n) is 13.1. The van der Waals surface area contributed by atoms with Crippen molar-refractivity contribution >= 4 is 11.6 Å². The molecule has 0 saturated carbocycles. The molecule has 2 aromatic carbocycles. The molecule has 2 aromatic rings. The standard InChI is InChI=1S/C18H21NO3/c1-4-17(22-15-10-7-9-14(12-15)21-3)18(20)19-16-11-6-5-8-13(16)2/h5-12,17H,4H2,1-3H3,(H,19,20). The number of hydrogen-bond donors (Lipinski definition) is 1. The van der Waals surface area contributed by atoms with Gasteiger partial charge < -0.3 is 14.8 Å². The van der Waals surface area contributed by atoms with Crippen LogP contribution in [0, 0.1) is 6.92 Å². The van der Waals surface area contributed by atoms with Crippen LogP contribution < -0.4 is 14.8 Å². The number of ether oxygens (including phenoxy) is 2. The van der Waals surface area contributed by atoms with Crippen LogP contribution >= 0.6 is 0 Å². The minimum absolute atomic E-state index is 0.153. The highest BCUT2D eigenvalue weighted by molar-refractivity contribution is 5.95. The van der Waals surface area contributed by atoms with Crippen molar-refractivity contribution in [3.05, 3.63) is 54.1 Å². The quantitative estimate of drug-likeness (QED) is 0.882. The first kappa shape index (κ1) is 15.9. The van der Waals surface area contributed by atoms with Crippen LogP contribution in [0.15, 0.2) is 48.5 Å². The predicted molar refractivity (Wildman–Crippen MR) is 87.5 cm³/mol. The van der Waals surface area contributed by atoms with Crippen LogP contribution in [-0.2, 0) is 4.79 Å². The minimum atomic E-state index is -0.549. The van der Waals surface area contributed by atoms with Gasteiger partial charge in [-0.2, -0.15) is 0 Å². The monoisotopic (exact) mass is 299 g/mol. The van der Waals surface area contributed by atoms with Crippen LogP contribution in [-0.4, -0.2) is 19.1 Å². The van der Waals surface area contributed by atoms with E-state index in [1.165, 1.54) is 0 Å². The van der Waals surface area contributed by atoms with E-state index < -0.39 is 6.10 Å². The first-order valence-corrected chi connectivity index (χ1v) is 7.31. The second-order valence-corrected chi connectivity index (χ2v) is 5.00. The highest BCUT2D eigenvalue weighted by atomic mass is 16.5. The van der Waals surface area contributed by atoms with Crippen molar-refractivity contribution in [3.8, 4) is 11.5 Å². The number of nitrogens with one attached hydrogen (secondary N) is 1. The summed E-state index contributed by atoms with van der Waals surface area (Å²) < 4.78 is 10.9. The van der Waals surface area contributed by atoms with E-state index in [0.29, 0.717) is 17.9 Å². The maximum Gasteiger partial charge on any atom is 0.265 e. The van der Waals surface area contributed by atoms with Gasteiger partial charge in [-0.15, -0.1) is 0 Å². The highest BCUT2D eigenvalue weighted by Gasteiger charge is 2.19. The first-order chi connectivity index (χ1) is 10.6. The number of rotatable bonds is 6. The molecule has 1 amide bonds. The van der Waals surface area contributed by atoms with Crippen LogP contribution in [0.4, 0.5) is 5.69 Å². The normalized spacial score (nSPS) is 11.6. The van der Waals surface area contributed by atoms with Crippen molar-refractivity contribution in [2.75, 3.05) is 12.4 Å². The van der Waals surface area contributed by atoms with Crippen LogP contribution in [0.5, 0.6) is 11.5 Å². The van der Waals surface area contributed by atoms with E-state index in [0.717, 1.165) is 11.3 Å². The number of para-hydroxylation sites is 1. The molecule has 0 aliphatic heterocycles. The average molecular weight is 299 g/mol. The van der Waals surface area contributed by atoms with Gasteiger partial charge in [0, 0.05) is 11.8 Å². The maximum atomic E-state index is 12.4. The Morgan fingerprint density at radius 2 is 1.86 bits per heavy atom. The number of carbonyl (C=O) groups is 1. The number of hydrogen-bond acceptors (Lipinski definition) is 3. The third-order valence-corrected chi connectivity index (χ3v) is 3.39. The Balaban J connectivity index is 2.07. The lowest BCUT2D eigenvalue weighted by molar-refractivity contribution is -0.122. The maximum absolute atomic E-state index is 12.4. The number of benzene rings is 2. The number of anilines is 1. The topological polar surface area (TPSA) is 47.6 Å². The first-order valence-electron chi connectivity index (χ1n) is 7.31. The fourth-order valence-electron chi connectivity index (χ4n) is 2.09. The van der Waals surface area contributed by atoms with E-state index in [1.54, 1.807) is 13.2 Å². The Morgan fingerprint density at radius 1 is 1.14 bits per heavy atom. The number of aryl methyl sites for hydroxylation is 1. The molecule has 4 nitrogen and oxygen atoms in total. The summed E-state index contributed by atoms with van der Waals surface area (Å²) in [6, 6.07) is 14.9. The second-order valence-electron chi connectivity index (χ2n) is 5.00. The Labute approximate surface area is 131 Å². The van der Waals surface area contributed by atoms with E-state index in [1.807, 2.05) is 56.3 Å². The van der Waals surface area contributed by atoms with Crippen molar-refractivity contribution in [1.82, 2.24) is 0 Å². The van der Waals surface area contributed by atoms with Crippen LogP contribution in [0.25, 0.3) is 0 Å². The van der Waals surface area contributed by atoms with Crippen molar-refractivity contribution < 1.29 is 14.3 Å². The average Bonchev–Trinajstić information content (AvgIpc) is 2.54. The Morgan fingerprint density at radius 3 is 2.55 bits per heavy atom. The summed E-state index contributed by atoms with van der Waals surface area (Å²) in [6.07, 6.45) is 0.0290. The molecule has 116 valence electrons. The summed E-state index contributed by atoms with van der Waals surface area (Å²) in [7, 11) is 1.60. The summed E-state index contributed by atoms with van der Waals surface area (Å²) in [6.45, 7) is 3.88. The molecule has 22 heavy (non-hydrogen) atoms. The van der Waals surface area contributed by atoms with Gasteiger partial charge in [-0.3, -0.25) is 4.79 Å². The number of methoxy groups -OCH3 is 1. The third-order valence-electron chi connectivity index (χ3n) is 3.39. The van der Waals surface area contributed by atoms with E-state index in [4.69, 9.17) is 9.47 Å². The van der Waals surface area contributed by atoms with Gasteiger partial charge in [-0.25, -0.2) is 0 Å². The zero-order chi connectivity index (χ0) is 15.9. The van der Waals surface area contributed by atoms with Crippen LogP contribution in [0.1, 0.15) is 18.9 Å².